The molecule has 0 unspecified atom stereocenters. The topological polar surface area (TPSA) is 404 Å². The van der Waals surface area contributed by atoms with Crippen LogP contribution in [0, 0.1) is 0 Å². The van der Waals surface area contributed by atoms with Gasteiger partial charge in [-0.3, -0.25) is 38.3 Å². The van der Waals surface area contributed by atoms with Gasteiger partial charge in [0.05, 0.1) is 51.4 Å². The lowest BCUT2D eigenvalue weighted by Gasteiger charge is -2.17. The van der Waals surface area contributed by atoms with E-state index in [1.807, 2.05) is 0 Å². The van der Waals surface area contributed by atoms with E-state index in [4.69, 9.17) is 18.9 Å². The number of carboxylic acids is 2. The van der Waals surface area contributed by atoms with E-state index >= 15 is 0 Å². The van der Waals surface area contributed by atoms with Gasteiger partial charge in [0.15, 0.2) is 5.82 Å². The average Bonchev–Trinajstić information content (AvgIpc) is 3.93. The maximum Gasteiger partial charge on any atom is 0.326 e. The molecular weight excluding hydrogens is 1070 g/mol. The highest BCUT2D eigenvalue weighted by Crippen LogP contribution is 2.14. The molecule has 0 fully saturated rings. The number of aliphatic carboxylic acids is 2. The van der Waals surface area contributed by atoms with E-state index in [9.17, 15) is 61.8 Å². The van der Waals surface area contributed by atoms with Crippen LogP contribution in [0.1, 0.15) is 160 Å². The first-order valence-electron chi connectivity index (χ1n) is 28.0. The Morgan fingerprint density at radius 3 is 1.51 bits per heavy atom. The van der Waals surface area contributed by atoms with Crippen molar-refractivity contribution in [3.8, 4) is 0 Å². The summed E-state index contributed by atoms with van der Waals surface area (Å²) in [5.41, 5.74) is 0. The summed E-state index contributed by atoms with van der Waals surface area (Å²) in [6, 6.07) is -3.14. The van der Waals surface area contributed by atoms with Crippen LogP contribution in [0.15, 0.2) is 0 Å². The van der Waals surface area contributed by atoms with E-state index in [2.05, 4.69) is 57.2 Å². The number of carbonyl (C=O) groups is 9. The van der Waals surface area contributed by atoms with Crippen LogP contribution >= 0.6 is 0 Å². The van der Waals surface area contributed by atoms with E-state index in [1.165, 1.54) is 51.9 Å². The number of hydrogen-bond acceptors (Lipinski definition) is 19. The van der Waals surface area contributed by atoms with Crippen LogP contribution in [0.2, 0.25) is 0 Å². The van der Waals surface area contributed by atoms with Crippen LogP contribution in [0.5, 0.6) is 0 Å². The maximum atomic E-state index is 12.5. The number of aromatic nitrogens is 4. The van der Waals surface area contributed by atoms with Crippen molar-refractivity contribution in [2.24, 2.45) is 0 Å². The van der Waals surface area contributed by atoms with Gasteiger partial charge in [0, 0.05) is 51.7 Å². The number of ether oxygens (including phenoxy) is 4. The van der Waals surface area contributed by atoms with Gasteiger partial charge in [0.2, 0.25) is 45.5 Å². The lowest BCUT2D eigenvalue weighted by molar-refractivity contribution is -0.144. The molecule has 1 rings (SSSR count). The first-order chi connectivity index (χ1) is 38.4. The molecular formula is C51H91N11O17S. The monoisotopic (exact) mass is 1160 g/mol. The number of amides is 6. The van der Waals surface area contributed by atoms with Gasteiger partial charge >= 0.3 is 11.9 Å². The number of H-pyrrole nitrogens is 1. The fraction of sp³-hybridized carbons (Fsp3) is 0.804. The summed E-state index contributed by atoms with van der Waals surface area (Å²) in [5, 5.41) is 48.3. The number of hydrogen-bond donors (Lipinski definition) is 10. The van der Waals surface area contributed by atoms with E-state index in [-0.39, 0.29) is 121 Å². The molecule has 1 aromatic rings. The van der Waals surface area contributed by atoms with Gasteiger partial charge in [-0.25, -0.2) is 18.0 Å². The van der Waals surface area contributed by atoms with Crippen molar-refractivity contribution in [2.75, 3.05) is 85.3 Å². The number of carbonyl (C=O) groups excluding carboxylic acids is 7. The standard InChI is InChI=1S/C51H91N11O17S/c1-39(63)40(52-2)19-16-17-27-53-45(65)25-23-41(50(70)71)56-46(66)26-24-42(51(72)73)57-49(69)38-79-35-33-77-31-29-55-48(68)37-78-34-32-76-30-28-54-44(64)22-18-36-80(74,75)60-47(67)21-15-13-11-9-7-5-3-4-6-8-10-12-14-20-43-58-61-62-59-43/h40-42,52H,3-38H2,1-2H3,(H,53,65)(H,54,64)(H,55,68)(H,56,66)(H,57,69)(H,60,67)(H,70,71)(H,72,73)(H,58,59,61,62)/t40-,41-,42-/m0/s1. The third kappa shape index (κ3) is 42.2. The summed E-state index contributed by atoms with van der Waals surface area (Å²) in [7, 11) is -2.16. The highest BCUT2D eigenvalue weighted by Gasteiger charge is 2.25. The normalized spacial score (nSPS) is 12.4. The predicted octanol–water partition coefficient (Wildman–Crippen LogP) is 0.891. The summed E-state index contributed by atoms with van der Waals surface area (Å²) in [6.45, 7) is 1.91. The molecule has 1 heterocycles. The predicted molar refractivity (Wildman–Crippen MR) is 291 cm³/mol. The SMILES string of the molecule is CN[C@@H](CCCCNC(=O)CC[C@H](NC(=O)CC[C@H](NC(=O)COCCOCCNC(=O)COCCOCCNC(=O)CCCS(=O)(=O)NC(=O)CCCCCCCCCCCCCCCc1nn[nH]n1)C(=O)O)C(=O)O)C(C)=O. The van der Waals surface area contributed by atoms with Crippen molar-refractivity contribution < 1.29 is 80.7 Å². The average molecular weight is 1160 g/mol. The molecule has 0 radical (unpaired) electrons. The first-order valence-corrected chi connectivity index (χ1v) is 29.7. The van der Waals surface area contributed by atoms with Crippen molar-refractivity contribution in [2.45, 2.75) is 179 Å². The number of rotatable bonds is 54. The van der Waals surface area contributed by atoms with Gasteiger partial charge in [-0.05, 0) is 65.3 Å². The molecule has 0 aliphatic rings. The van der Waals surface area contributed by atoms with Gasteiger partial charge in [0.25, 0.3) is 0 Å². The molecule has 0 saturated heterocycles. The molecule has 29 heteroatoms. The largest absolute Gasteiger partial charge is 0.480 e. The number of aromatic amines is 1. The van der Waals surface area contributed by atoms with E-state index in [0.29, 0.717) is 32.2 Å². The summed E-state index contributed by atoms with van der Waals surface area (Å²) in [6.07, 6.45) is 16.1. The third-order valence-corrected chi connectivity index (χ3v) is 13.7. The molecule has 80 heavy (non-hydrogen) atoms. The number of tetrazole rings is 1. The fourth-order valence-corrected chi connectivity index (χ4v) is 8.92. The fourth-order valence-electron chi connectivity index (χ4n) is 7.84. The molecule has 6 amide bonds. The maximum absolute atomic E-state index is 12.5. The summed E-state index contributed by atoms with van der Waals surface area (Å²) >= 11 is 0. The number of sulfonamides is 1. The second-order valence-corrected chi connectivity index (χ2v) is 21.0. The minimum atomic E-state index is -3.85. The molecule has 458 valence electrons. The Morgan fingerprint density at radius 2 is 0.975 bits per heavy atom. The number of aryl methyl sites for hydroxylation is 1. The smallest absolute Gasteiger partial charge is 0.326 e. The summed E-state index contributed by atoms with van der Waals surface area (Å²) < 4.78 is 47.9. The zero-order chi connectivity index (χ0) is 59.1. The highest BCUT2D eigenvalue weighted by molar-refractivity contribution is 7.90. The molecule has 10 N–H and O–H groups in total. The van der Waals surface area contributed by atoms with Crippen molar-refractivity contribution in [1.82, 2.24) is 57.2 Å². The molecule has 3 atom stereocenters. The van der Waals surface area contributed by atoms with Crippen molar-refractivity contribution in [3.05, 3.63) is 5.82 Å². The van der Waals surface area contributed by atoms with Crippen LogP contribution in [0.4, 0.5) is 0 Å². The number of unbranched alkanes of at least 4 members (excludes halogenated alkanes) is 13. The number of Topliss-reactive ketones (excluding diaryl/α,β-unsaturated/α-hetero) is 1. The number of ketones is 1. The summed E-state index contributed by atoms with van der Waals surface area (Å²) in [4.78, 5) is 108. The quantitative estimate of drug-likeness (QED) is 0.0405. The Bertz CT molecular complexity index is 2040. The van der Waals surface area contributed by atoms with Crippen LogP contribution in [-0.4, -0.2) is 196 Å². The number of likely N-dealkylation sites (N-methyl/N-ethyl adjacent to an activating group) is 1. The van der Waals surface area contributed by atoms with Crippen LogP contribution in [-0.2, 0) is 78.5 Å². The second kappa shape index (κ2) is 46.9. The lowest BCUT2D eigenvalue weighted by atomic mass is 10.0. The first kappa shape index (κ1) is 72.3. The Morgan fingerprint density at radius 1 is 0.500 bits per heavy atom. The van der Waals surface area contributed by atoms with Crippen LogP contribution in [0.3, 0.4) is 0 Å². The van der Waals surface area contributed by atoms with E-state index in [0.717, 1.165) is 44.3 Å². The highest BCUT2D eigenvalue weighted by atomic mass is 32.2. The van der Waals surface area contributed by atoms with Crippen molar-refractivity contribution in [1.29, 1.82) is 0 Å². The zero-order valence-corrected chi connectivity index (χ0v) is 47.8. The zero-order valence-electron chi connectivity index (χ0n) is 47.0. The Kier molecular flexibility index (Phi) is 42.4. The molecule has 0 spiro atoms. The van der Waals surface area contributed by atoms with E-state index in [1.54, 1.807) is 7.05 Å². The molecule has 0 aromatic carbocycles. The Labute approximate surface area is 470 Å². The second-order valence-electron chi connectivity index (χ2n) is 19.2. The summed E-state index contributed by atoms with van der Waals surface area (Å²) in [5.74, 6) is -5.65. The molecule has 0 saturated carbocycles. The number of carboxylic acid groups (broad SMARTS) is 2. The Hall–Kier alpha value is -5.75. The van der Waals surface area contributed by atoms with Gasteiger partial charge in [-0.15, -0.1) is 10.2 Å². The molecule has 0 aliphatic heterocycles. The minimum absolute atomic E-state index is 0.0177. The molecule has 1 aromatic heterocycles. The number of nitrogens with zero attached hydrogens (tertiary/aromatic N) is 3. The van der Waals surface area contributed by atoms with Crippen LogP contribution < -0.4 is 36.6 Å². The number of nitrogens with one attached hydrogen (secondary N) is 8. The van der Waals surface area contributed by atoms with Gasteiger partial charge in [0.1, 0.15) is 31.1 Å². The van der Waals surface area contributed by atoms with Gasteiger partial charge < -0.3 is 61.1 Å². The van der Waals surface area contributed by atoms with Crippen molar-refractivity contribution >= 4 is 63.2 Å². The van der Waals surface area contributed by atoms with Gasteiger partial charge in [-0.2, -0.15) is 5.21 Å². The minimum Gasteiger partial charge on any atom is -0.480 e. The van der Waals surface area contributed by atoms with Gasteiger partial charge in [-0.1, -0.05) is 75.8 Å². The molecule has 0 bridgehead atoms. The Balaban J connectivity index is 1.99. The van der Waals surface area contributed by atoms with Crippen LogP contribution in [0.25, 0.3) is 0 Å². The molecule has 28 nitrogen and oxygen atoms in total. The van der Waals surface area contributed by atoms with E-state index < -0.39 is 76.6 Å². The van der Waals surface area contributed by atoms with Crippen molar-refractivity contribution in [3.63, 3.8) is 0 Å². The molecule has 0 aliphatic carbocycles. The third-order valence-electron chi connectivity index (χ3n) is 12.3. The lowest BCUT2D eigenvalue weighted by Crippen LogP contribution is -2.45.